The van der Waals surface area contributed by atoms with Crippen molar-refractivity contribution >= 4 is 16.3 Å². The van der Waals surface area contributed by atoms with Gasteiger partial charge in [-0.05, 0) is 33.6 Å². The van der Waals surface area contributed by atoms with Gasteiger partial charge in [-0.2, -0.15) is 0 Å². The predicted octanol–water partition coefficient (Wildman–Crippen LogP) is 2.67. The highest BCUT2D eigenvalue weighted by molar-refractivity contribution is 7.17. The fourth-order valence-electron chi connectivity index (χ4n) is 2.75. The Balaban J connectivity index is 1.72. The number of nitrogens with one attached hydrogen (secondary N) is 1. The summed E-state index contributed by atoms with van der Waals surface area (Å²) in [7, 11) is 0. The third-order valence-electron chi connectivity index (χ3n) is 3.78. The minimum atomic E-state index is 0.376. The number of nitrogens with zero attached hydrogens (tertiary/aromatic N) is 2. The first-order valence-electron chi connectivity index (χ1n) is 6.92. The van der Waals surface area contributed by atoms with Gasteiger partial charge in [0.05, 0.1) is 17.5 Å². The quantitative estimate of drug-likeness (QED) is 0.939. The van der Waals surface area contributed by atoms with Gasteiger partial charge in [-0.1, -0.05) is 0 Å². The Kier molecular flexibility index (Phi) is 3.60. The van der Waals surface area contributed by atoms with Crippen LogP contribution < -0.4 is 5.32 Å². The van der Waals surface area contributed by atoms with Gasteiger partial charge in [0.15, 0.2) is 4.96 Å². The van der Waals surface area contributed by atoms with E-state index in [1.165, 1.54) is 10.6 Å². The molecular weight excluding hydrogens is 258 g/mol. The molecule has 0 spiro atoms. The van der Waals surface area contributed by atoms with Gasteiger partial charge < -0.3 is 10.1 Å². The molecular formula is C14H21N3OS. The highest BCUT2D eigenvalue weighted by Crippen LogP contribution is 2.21. The molecule has 1 aliphatic heterocycles. The van der Waals surface area contributed by atoms with Crippen molar-refractivity contribution < 1.29 is 4.74 Å². The molecule has 2 aromatic rings. The van der Waals surface area contributed by atoms with E-state index in [0.717, 1.165) is 36.6 Å². The van der Waals surface area contributed by atoms with E-state index < -0.39 is 0 Å². The first kappa shape index (κ1) is 13.1. The monoisotopic (exact) mass is 279 g/mol. The number of imidazole rings is 1. The molecule has 1 aliphatic rings. The van der Waals surface area contributed by atoms with E-state index >= 15 is 0 Å². The molecule has 0 aromatic carbocycles. The Bertz CT molecular complexity index is 575. The summed E-state index contributed by atoms with van der Waals surface area (Å²) < 4.78 is 7.81. The average molecular weight is 279 g/mol. The molecule has 0 saturated carbocycles. The number of aryl methyl sites for hydroxylation is 2. The lowest BCUT2D eigenvalue weighted by Crippen LogP contribution is -2.37. The van der Waals surface area contributed by atoms with Crippen LogP contribution in [0.5, 0.6) is 0 Å². The molecule has 0 radical (unpaired) electrons. The first-order valence-corrected chi connectivity index (χ1v) is 7.74. The van der Waals surface area contributed by atoms with E-state index in [0.29, 0.717) is 12.1 Å². The summed E-state index contributed by atoms with van der Waals surface area (Å²) in [5.41, 5.74) is 2.43. The van der Waals surface area contributed by atoms with Crippen molar-refractivity contribution in [3.63, 3.8) is 0 Å². The van der Waals surface area contributed by atoms with Crippen LogP contribution in [0.4, 0.5) is 0 Å². The highest BCUT2D eigenvalue weighted by Gasteiger charge is 2.20. The van der Waals surface area contributed by atoms with E-state index in [2.05, 4.69) is 41.7 Å². The molecule has 1 N–H and O–H groups in total. The van der Waals surface area contributed by atoms with Crippen molar-refractivity contribution in [2.45, 2.75) is 52.3 Å². The smallest absolute Gasteiger partial charge is 0.194 e. The van der Waals surface area contributed by atoms with Crippen LogP contribution in [-0.2, 0) is 11.3 Å². The van der Waals surface area contributed by atoms with Crippen LogP contribution in [0, 0.1) is 13.8 Å². The second-order valence-corrected chi connectivity index (χ2v) is 6.64. The number of rotatable bonds is 3. The van der Waals surface area contributed by atoms with Crippen molar-refractivity contribution in [3.8, 4) is 0 Å². The molecule has 0 bridgehead atoms. The zero-order valence-electron chi connectivity index (χ0n) is 11.8. The van der Waals surface area contributed by atoms with Crippen LogP contribution >= 0.6 is 11.3 Å². The van der Waals surface area contributed by atoms with Crippen LogP contribution in [0.25, 0.3) is 4.96 Å². The van der Waals surface area contributed by atoms with Crippen molar-refractivity contribution in [2.24, 2.45) is 0 Å². The molecule has 2 atom stereocenters. The number of ether oxygens (including phenoxy) is 1. The average Bonchev–Trinajstić information content (AvgIpc) is 2.82. The molecule has 4 nitrogen and oxygen atoms in total. The van der Waals surface area contributed by atoms with Gasteiger partial charge in [-0.15, -0.1) is 11.3 Å². The largest absolute Gasteiger partial charge is 0.378 e. The molecule has 0 aliphatic carbocycles. The molecule has 5 heteroatoms. The Hall–Kier alpha value is -0.910. The molecule has 3 rings (SSSR count). The minimum Gasteiger partial charge on any atom is -0.378 e. The van der Waals surface area contributed by atoms with Gasteiger partial charge in [-0.3, -0.25) is 4.40 Å². The van der Waals surface area contributed by atoms with E-state index in [-0.39, 0.29) is 0 Å². The Morgan fingerprint density at radius 1 is 1.53 bits per heavy atom. The summed E-state index contributed by atoms with van der Waals surface area (Å²) >= 11 is 1.75. The van der Waals surface area contributed by atoms with E-state index in [1.807, 2.05) is 0 Å². The van der Waals surface area contributed by atoms with Gasteiger partial charge in [0, 0.05) is 30.3 Å². The number of aromatic nitrogens is 2. The van der Waals surface area contributed by atoms with Crippen LogP contribution in [0.3, 0.4) is 0 Å². The second kappa shape index (κ2) is 5.23. The van der Waals surface area contributed by atoms with Crippen molar-refractivity contribution in [3.05, 3.63) is 22.5 Å². The van der Waals surface area contributed by atoms with Crippen LogP contribution in [0.2, 0.25) is 0 Å². The molecule has 3 heterocycles. The molecule has 2 unspecified atom stereocenters. The van der Waals surface area contributed by atoms with Crippen LogP contribution in [0.1, 0.15) is 36.0 Å². The SMILES string of the molecule is Cc1cn2c(CNC3CCOC(C)C3)c(C)nc2s1. The topological polar surface area (TPSA) is 38.6 Å². The molecule has 0 amide bonds. The molecule has 1 fully saturated rings. The summed E-state index contributed by atoms with van der Waals surface area (Å²) in [5, 5.41) is 3.66. The fourth-order valence-corrected chi connectivity index (χ4v) is 3.64. The van der Waals surface area contributed by atoms with Crippen molar-refractivity contribution in [1.29, 1.82) is 0 Å². The third-order valence-corrected chi connectivity index (χ3v) is 4.68. The fraction of sp³-hybridized carbons (Fsp3) is 0.643. The summed E-state index contributed by atoms with van der Waals surface area (Å²) in [4.78, 5) is 7.04. The standard InChI is InChI=1S/C14H21N3OS/c1-9-6-12(4-5-18-9)15-7-13-11(3)16-14-17(13)8-10(2)19-14/h8-9,12,15H,4-7H2,1-3H3. The number of fused-ring (bicyclic) bond motifs is 1. The first-order chi connectivity index (χ1) is 9.13. The molecule has 104 valence electrons. The summed E-state index contributed by atoms with van der Waals surface area (Å²) in [6.07, 6.45) is 4.77. The third kappa shape index (κ3) is 2.68. The number of hydrogen-bond donors (Lipinski definition) is 1. The number of hydrogen-bond acceptors (Lipinski definition) is 4. The summed E-state index contributed by atoms with van der Waals surface area (Å²) in [6.45, 7) is 8.14. The van der Waals surface area contributed by atoms with Gasteiger partial charge >= 0.3 is 0 Å². The zero-order chi connectivity index (χ0) is 13.4. The van der Waals surface area contributed by atoms with Gasteiger partial charge in [0.2, 0.25) is 0 Å². The maximum atomic E-state index is 5.59. The molecule has 19 heavy (non-hydrogen) atoms. The second-order valence-electron chi connectivity index (χ2n) is 5.42. The lowest BCUT2D eigenvalue weighted by Gasteiger charge is -2.28. The Labute approximate surface area is 117 Å². The lowest BCUT2D eigenvalue weighted by molar-refractivity contribution is 0.0130. The van der Waals surface area contributed by atoms with E-state index in [9.17, 15) is 0 Å². The normalized spacial score (nSPS) is 24.2. The van der Waals surface area contributed by atoms with E-state index in [4.69, 9.17) is 4.74 Å². The summed E-state index contributed by atoms with van der Waals surface area (Å²) in [6, 6.07) is 0.563. The highest BCUT2D eigenvalue weighted by atomic mass is 32.1. The van der Waals surface area contributed by atoms with Gasteiger partial charge in [0.1, 0.15) is 0 Å². The summed E-state index contributed by atoms with van der Waals surface area (Å²) in [5.74, 6) is 0. The van der Waals surface area contributed by atoms with Crippen LogP contribution in [-0.4, -0.2) is 28.1 Å². The van der Waals surface area contributed by atoms with Crippen molar-refractivity contribution in [1.82, 2.24) is 14.7 Å². The van der Waals surface area contributed by atoms with Gasteiger partial charge in [-0.25, -0.2) is 4.98 Å². The zero-order valence-corrected chi connectivity index (χ0v) is 12.6. The lowest BCUT2D eigenvalue weighted by atomic mass is 10.0. The minimum absolute atomic E-state index is 0.376. The Morgan fingerprint density at radius 2 is 2.37 bits per heavy atom. The predicted molar refractivity (Wildman–Crippen MR) is 77.8 cm³/mol. The maximum Gasteiger partial charge on any atom is 0.194 e. The van der Waals surface area contributed by atoms with Crippen LogP contribution in [0.15, 0.2) is 6.20 Å². The number of thiazole rings is 1. The maximum absolute atomic E-state index is 5.59. The van der Waals surface area contributed by atoms with Crippen molar-refractivity contribution in [2.75, 3.05) is 6.61 Å². The van der Waals surface area contributed by atoms with Gasteiger partial charge in [0.25, 0.3) is 0 Å². The molecule has 2 aromatic heterocycles. The Morgan fingerprint density at radius 3 is 3.16 bits per heavy atom. The molecule has 1 saturated heterocycles. The van der Waals surface area contributed by atoms with E-state index in [1.54, 1.807) is 11.3 Å².